The quantitative estimate of drug-likeness (QED) is 0.775. The van der Waals surface area contributed by atoms with Crippen LogP contribution < -0.4 is 0 Å². The second-order valence-electron chi connectivity index (χ2n) is 6.86. The van der Waals surface area contributed by atoms with E-state index in [1.54, 1.807) is 0 Å². The summed E-state index contributed by atoms with van der Waals surface area (Å²) in [5, 5.41) is 1.27. The molecule has 25 heavy (non-hydrogen) atoms. The summed E-state index contributed by atoms with van der Waals surface area (Å²) in [5.41, 5.74) is 2.47. The van der Waals surface area contributed by atoms with E-state index in [0.717, 1.165) is 38.8 Å². The number of carbonyl (C=O) groups is 1. The van der Waals surface area contributed by atoms with Crippen LogP contribution in [0.5, 0.6) is 0 Å². The largest absolute Gasteiger partial charge is 0.361 e. The molecule has 1 aliphatic rings. The molecule has 0 aliphatic carbocycles. The van der Waals surface area contributed by atoms with Crippen molar-refractivity contribution in [3.05, 3.63) is 54.7 Å². The number of rotatable bonds is 5. The Morgan fingerprint density at radius 3 is 3.12 bits per heavy atom. The first-order chi connectivity index (χ1) is 12.3. The van der Waals surface area contributed by atoms with Crippen molar-refractivity contribution in [2.24, 2.45) is 0 Å². The third-order valence-corrected chi connectivity index (χ3v) is 5.21. The third kappa shape index (κ3) is 3.45. The summed E-state index contributed by atoms with van der Waals surface area (Å²) in [6.45, 7) is 1.69. The zero-order valence-electron chi connectivity index (χ0n) is 14.4. The molecule has 1 unspecified atom stereocenters. The van der Waals surface area contributed by atoms with Crippen molar-refractivity contribution in [1.82, 2.24) is 19.4 Å². The number of benzene rings is 1. The van der Waals surface area contributed by atoms with Crippen molar-refractivity contribution in [3.63, 3.8) is 0 Å². The highest BCUT2D eigenvalue weighted by molar-refractivity contribution is 5.83. The highest BCUT2D eigenvalue weighted by atomic mass is 16.2. The van der Waals surface area contributed by atoms with E-state index in [2.05, 4.69) is 38.9 Å². The Morgan fingerprint density at radius 2 is 2.24 bits per heavy atom. The van der Waals surface area contributed by atoms with Gasteiger partial charge in [0, 0.05) is 49.0 Å². The standard InChI is InChI=1S/C20H24N4O/c25-20(23-11-4-6-17(14-23)24-12-10-21-15-24)9-3-5-16-13-22-19-8-2-1-7-18(16)19/h1-2,7-8,10,12-13,15,17,22H,3-6,9,11,14H2. The minimum atomic E-state index is 0.282. The number of piperidine rings is 1. The molecule has 0 radical (unpaired) electrons. The summed E-state index contributed by atoms with van der Waals surface area (Å²) in [6, 6.07) is 8.71. The lowest BCUT2D eigenvalue weighted by Gasteiger charge is -2.33. The van der Waals surface area contributed by atoms with Crippen LogP contribution in [-0.4, -0.2) is 38.4 Å². The minimum Gasteiger partial charge on any atom is -0.361 e. The van der Waals surface area contributed by atoms with Crippen LogP contribution in [0.1, 0.15) is 37.3 Å². The number of nitrogens with one attached hydrogen (secondary N) is 1. The average molecular weight is 336 g/mol. The Balaban J connectivity index is 1.31. The first kappa shape index (κ1) is 15.9. The molecule has 1 atom stereocenters. The third-order valence-electron chi connectivity index (χ3n) is 5.21. The molecule has 1 aliphatic heterocycles. The number of nitrogens with zero attached hydrogens (tertiary/aromatic N) is 3. The summed E-state index contributed by atoms with van der Waals surface area (Å²) >= 11 is 0. The van der Waals surface area contributed by atoms with Crippen molar-refractivity contribution in [3.8, 4) is 0 Å². The molecule has 0 bridgehead atoms. The van der Waals surface area contributed by atoms with Crippen LogP contribution in [0.4, 0.5) is 0 Å². The van der Waals surface area contributed by atoms with Gasteiger partial charge in [-0.1, -0.05) is 18.2 Å². The highest BCUT2D eigenvalue weighted by Crippen LogP contribution is 2.23. The predicted molar refractivity (Wildman–Crippen MR) is 98.3 cm³/mol. The van der Waals surface area contributed by atoms with Crippen LogP contribution in [0.15, 0.2) is 49.2 Å². The fourth-order valence-corrected chi connectivity index (χ4v) is 3.84. The maximum Gasteiger partial charge on any atom is 0.222 e. The van der Waals surface area contributed by atoms with Gasteiger partial charge in [-0.2, -0.15) is 0 Å². The zero-order valence-corrected chi connectivity index (χ0v) is 14.4. The number of aryl methyl sites for hydroxylation is 1. The first-order valence-electron chi connectivity index (χ1n) is 9.11. The molecule has 1 N–H and O–H groups in total. The van der Waals surface area contributed by atoms with Gasteiger partial charge < -0.3 is 14.5 Å². The van der Waals surface area contributed by atoms with Crippen LogP contribution in [0.2, 0.25) is 0 Å². The van der Waals surface area contributed by atoms with E-state index in [4.69, 9.17) is 0 Å². The molecule has 1 aromatic carbocycles. The van der Waals surface area contributed by atoms with Crippen molar-refractivity contribution < 1.29 is 4.79 Å². The summed E-state index contributed by atoms with van der Waals surface area (Å²) < 4.78 is 2.13. The van der Waals surface area contributed by atoms with Gasteiger partial charge in [0.2, 0.25) is 5.91 Å². The second-order valence-corrected chi connectivity index (χ2v) is 6.86. The second kappa shape index (κ2) is 7.13. The van der Waals surface area contributed by atoms with Crippen molar-refractivity contribution >= 4 is 16.8 Å². The zero-order chi connectivity index (χ0) is 17.1. The van der Waals surface area contributed by atoms with Gasteiger partial charge in [0.05, 0.1) is 12.4 Å². The van der Waals surface area contributed by atoms with Crippen molar-refractivity contribution in [2.75, 3.05) is 13.1 Å². The van der Waals surface area contributed by atoms with E-state index in [0.29, 0.717) is 12.5 Å². The molecule has 5 heteroatoms. The number of aromatic amines is 1. The summed E-state index contributed by atoms with van der Waals surface area (Å²) in [7, 11) is 0. The van der Waals surface area contributed by atoms with Crippen LogP contribution >= 0.6 is 0 Å². The molecule has 4 rings (SSSR count). The first-order valence-corrected chi connectivity index (χ1v) is 9.11. The summed E-state index contributed by atoms with van der Waals surface area (Å²) in [5.74, 6) is 0.282. The minimum absolute atomic E-state index is 0.282. The molecule has 3 heterocycles. The van der Waals surface area contributed by atoms with Crippen LogP contribution in [0, 0.1) is 0 Å². The number of fused-ring (bicyclic) bond motifs is 1. The maximum atomic E-state index is 12.6. The maximum absolute atomic E-state index is 12.6. The van der Waals surface area contributed by atoms with E-state index in [9.17, 15) is 4.79 Å². The average Bonchev–Trinajstić information content (AvgIpc) is 3.32. The van der Waals surface area contributed by atoms with Crippen molar-refractivity contribution in [2.45, 2.75) is 38.1 Å². The van der Waals surface area contributed by atoms with E-state index >= 15 is 0 Å². The lowest BCUT2D eigenvalue weighted by molar-refractivity contribution is -0.132. The van der Waals surface area contributed by atoms with Gasteiger partial charge in [-0.3, -0.25) is 4.79 Å². The van der Waals surface area contributed by atoms with Gasteiger partial charge >= 0.3 is 0 Å². The molecule has 130 valence electrons. The number of para-hydroxylation sites is 1. The molecule has 0 spiro atoms. The molecule has 0 saturated carbocycles. The molecule has 1 fully saturated rings. The lowest BCUT2D eigenvalue weighted by atomic mass is 10.0. The highest BCUT2D eigenvalue weighted by Gasteiger charge is 2.24. The smallest absolute Gasteiger partial charge is 0.222 e. The lowest BCUT2D eigenvalue weighted by Crippen LogP contribution is -2.40. The van der Waals surface area contributed by atoms with Crippen molar-refractivity contribution in [1.29, 1.82) is 0 Å². The Bertz CT molecular complexity index is 836. The van der Waals surface area contributed by atoms with Gasteiger partial charge in [-0.25, -0.2) is 4.98 Å². The normalized spacial score (nSPS) is 17.9. The van der Waals surface area contributed by atoms with Gasteiger partial charge in [0.25, 0.3) is 0 Å². The molecular weight excluding hydrogens is 312 g/mol. The molecule has 3 aromatic rings. The number of hydrogen-bond donors (Lipinski definition) is 1. The van der Waals surface area contributed by atoms with E-state index in [1.165, 1.54) is 16.5 Å². The number of aromatic nitrogens is 3. The fourth-order valence-electron chi connectivity index (χ4n) is 3.84. The van der Waals surface area contributed by atoms with E-state index in [-0.39, 0.29) is 5.91 Å². The molecule has 1 amide bonds. The van der Waals surface area contributed by atoms with Gasteiger partial charge in [0.1, 0.15) is 0 Å². The summed E-state index contributed by atoms with van der Waals surface area (Å²) in [4.78, 5) is 22.1. The van der Waals surface area contributed by atoms with Crippen LogP contribution in [0.3, 0.4) is 0 Å². The predicted octanol–water partition coefficient (Wildman–Crippen LogP) is 3.55. The molecular formula is C20H24N4O. The number of H-pyrrole nitrogens is 1. The van der Waals surface area contributed by atoms with E-state index in [1.807, 2.05) is 29.7 Å². The van der Waals surface area contributed by atoms with Gasteiger partial charge in [-0.05, 0) is 37.3 Å². The topological polar surface area (TPSA) is 53.9 Å². The molecule has 2 aromatic heterocycles. The Labute approximate surface area is 147 Å². The molecule has 1 saturated heterocycles. The number of amides is 1. The fraction of sp³-hybridized carbons (Fsp3) is 0.400. The summed E-state index contributed by atoms with van der Waals surface area (Å²) in [6.07, 6.45) is 12.4. The monoisotopic (exact) mass is 336 g/mol. The SMILES string of the molecule is O=C(CCCc1c[nH]c2ccccc12)N1CCCC(n2ccnc2)C1. The van der Waals surface area contributed by atoms with E-state index < -0.39 is 0 Å². The van der Waals surface area contributed by atoms with Gasteiger partial charge in [-0.15, -0.1) is 0 Å². The van der Waals surface area contributed by atoms with Gasteiger partial charge in [0.15, 0.2) is 0 Å². The number of carbonyl (C=O) groups excluding carboxylic acids is 1. The molecule has 5 nitrogen and oxygen atoms in total. The van der Waals surface area contributed by atoms with Crippen LogP contribution in [-0.2, 0) is 11.2 Å². The Kier molecular flexibility index (Phi) is 4.55. The Morgan fingerprint density at radius 1 is 1.32 bits per heavy atom. The van der Waals surface area contributed by atoms with Crippen LogP contribution in [0.25, 0.3) is 10.9 Å². The number of imidazole rings is 1. The Hall–Kier alpha value is -2.56. The number of hydrogen-bond acceptors (Lipinski definition) is 2. The number of likely N-dealkylation sites (tertiary alicyclic amines) is 1.